The molecule has 2 N–H and O–H groups in total. The molecule has 0 saturated heterocycles. The summed E-state index contributed by atoms with van der Waals surface area (Å²) < 4.78 is 0. The summed E-state index contributed by atoms with van der Waals surface area (Å²) in [6, 6.07) is 6.74. The lowest BCUT2D eigenvalue weighted by molar-refractivity contribution is 0.0914. The van der Waals surface area contributed by atoms with Gasteiger partial charge in [0, 0.05) is 16.1 Å². The van der Waals surface area contributed by atoms with Crippen LogP contribution in [-0.4, -0.2) is 11.4 Å². The van der Waals surface area contributed by atoms with Crippen LogP contribution in [0.1, 0.15) is 31.1 Å². The molecule has 0 aliphatic rings. The van der Waals surface area contributed by atoms with Crippen molar-refractivity contribution in [2.75, 3.05) is 0 Å². The summed E-state index contributed by atoms with van der Waals surface area (Å²) in [6.45, 7) is 5.90. The van der Waals surface area contributed by atoms with Gasteiger partial charge < -0.3 is 0 Å². The van der Waals surface area contributed by atoms with Gasteiger partial charge in [0.1, 0.15) is 0 Å². The third-order valence-electron chi connectivity index (χ3n) is 1.66. The van der Waals surface area contributed by atoms with Crippen LogP contribution in [0.25, 0.3) is 0 Å². The summed E-state index contributed by atoms with van der Waals surface area (Å²) in [5, 5.41) is 0.621. The van der Waals surface area contributed by atoms with Crippen molar-refractivity contribution in [3.8, 4) is 0 Å². The fourth-order valence-corrected chi connectivity index (χ4v) is 1.04. The Bertz CT molecular complexity index is 341. The minimum absolute atomic E-state index is 0.151. The SMILES string of the molecule is CC(C)(C)NNC(=O)c1ccc(Cl)cc1. The molecule has 0 aliphatic carbocycles. The van der Waals surface area contributed by atoms with Crippen LogP contribution < -0.4 is 10.9 Å². The van der Waals surface area contributed by atoms with Crippen molar-refractivity contribution in [1.82, 2.24) is 10.9 Å². The van der Waals surface area contributed by atoms with Gasteiger partial charge >= 0.3 is 0 Å². The maximum atomic E-state index is 11.6. The molecule has 0 bridgehead atoms. The van der Waals surface area contributed by atoms with E-state index in [4.69, 9.17) is 11.6 Å². The van der Waals surface area contributed by atoms with Crippen LogP contribution in [0.5, 0.6) is 0 Å². The zero-order valence-electron chi connectivity index (χ0n) is 9.10. The molecule has 0 fully saturated rings. The van der Waals surface area contributed by atoms with Crippen molar-refractivity contribution in [3.05, 3.63) is 34.9 Å². The van der Waals surface area contributed by atoms with E-state index in [9.17, 15) is 4.79 Å². The Labute approximate surface area is 94.8 Å². The first-order valence-corrected chi connectivity index (χ1v) is 5.09. The molecule has 0 unspecified atom stereocenters. The smallest absolute Gasteiger partial charge is 0.265 e. The highest BCUT2D eigenvalue weighted by Crippen LogP contribution is 2.09. The summed E-state index contributed by atoms with van der Waals surface area (Å²) in [4.78, 5) is 11.6. The van der Waals surface area contributed by atoms with Crippen molar-refractivity contribution in [3.63, 3.8) is 0 Å². The first kappa shape index (κ1) is 12.0. The maximum Gasteiger partial charge on any atom is 0.265 e. The van der Waals surface area contributed by atoms with Gasteiger partial charge in [-0.1, -0.05) is 11.6 Å². The second-order valence-electron chi connectivity index (χ2n) is 4.34. The quantitative estimate of drug-likeness (QED) is 0.761. The van der Waals surface area contributed by atoms with Crippen LogP contribution in [0.3, 0.4) is 0 Å². The molecule has 0 atom stereocenters. The molecular weight excluding hydrogens is 212 g/mol. The van der Waals surface area contributed by atoms with Gasteiger partial charge in [-0.3, -0.25) is 10.2 Å². The van der Waals surface area contributed by atoms with Crippen LogP contribution in [0.4, 0.5) is 0 Å². The molecule has 0 spiro atoms. The molecule has 15 heavy (non-hydrogen) atoms. The van der Waals surface area contributed by atoms with E-state index in [-0.39, 0.29) is 11.4 Å². The van der Waals surface area contributed by atoms with Gasteiger partial charge in [-0.2, -0.15) is 0 Å². The maximum absolute atomic E-state index is 11.6. The number of halogens is 1. The third kappa shape index (κ3) is 4.32. The molecular formula is C11H15ClN2O. The van der Waals surface area contributed by atoms with Gasteiger partial charge in [-0.15, -0.1) is 0 Å². The summed E-state index contributed by atoms with van der Waals surface area (Å²) in [6.07, 6.45) is 0. The second kappa shape index (κ2) is 4.64. The molecule has 1 aromatic carbocycles. The number of hydrogen-bond donors (Lipinski definition) is 2. The molecule has 1 aromatic rings. The van der Waals surface area contributed by atoms with Crippen molar-refractivity contribution >= 4 is 17.5 Å². The number of nitrogens with one attached hydrogen (secondary N) is 2. The van der Waals surface area contributed by atoms with E-state index in [1.807, 2.05) is 20.8 Å². The predicted octanol–water partition coefficient (Wildman–Crippen LogP) is 2.37. The van der Waals surface area contributed by atoms with Gasteiger partial charge in [-0.05, 0) is 45.0 Å². The third-order valence-corrected chi connectivity index (χ3v) is 1.91. The number of hydrogen-bond acceptors (Lipinski definition) is 2. The minimum Gasteiger partial charge on any atom is -0.287 e. The van der Waals surface area contributed by atoms with E-state index in [0.717, 1.165) is 0 Å². The van der Waals surface area contributed by atoms with Crippen molar-refractivity contribution < 1.29 is 4.79 Å². The topological polar surface area (TPSA) is 41.1 Å². The molecule has 3 nitrogen and oxygen atoms in total. The van der Waals surface area contributed by atoms with Gasteiger partial charge in [0.15, 0.2) is 0 Å². The minimum atomic E-state index is -0.165. The Morgan fingerprint density at radius 1 is 1.20 bits per heavy atom. The van der Waals surface area contributed by atoms with E-state index in [1.165, 1.54) is 0 Å². The average Bonchev–Trinajstić information content (AvgIpc) is 2.14. The highest BCUT2D eigenvalue weighted by molar-refractivity contribution is 6.30. The number of benzene rings is 1. The Balaban J connectivity index is 2.58. The average molecular weight is 227 g/mol. The first-order valence-electron chi connectivity index (χ1n) is 4.71. The van der Waals surface area contributed by atoms with Crippen LogP contribution >= 0.6 is 11.6 Å². The van der Waals surface area contributed by atoms with Gasteiger partial charge in [0.2, 0.25) is 0 Å². The van der Waals surface area contributed by atoms with Crippen molar-refractivity contribution in [1.29, 1.82) is 0 Å². The fourth-order valence-electron chi connectivity index (χ4n) is 0.918. The van der Waals surface area contributed by atoms with Crippen LogP contribution in [0, 0.1) is 0 Å². The lowest BCUT2D eigenvalue weighted by atomic mass is 10.1. The molecule has 0 saturated carbocycles. The second-order valence-corrected chi connectivity index (χ2v) is 4.77. The summed E-state index contributed by atoms with van der Waals surface area (Å²) in [7, 11) is 0. The van der Waals surface area contributed by atoms with Gasteiger partial charge in [0.05, 0.1) is 0 Å². The van der Waals surface area contributed by atoms with Gasteiger partial charge in [0.25, 0.3) is 5.91 Å². The lowest BCUT2D eigenvalue weighted by Crippen LogP contribution is -2.48. The molecule has 1 rings (SSSR count). The Hall–Kier alpha value is -1.06. The number of rotatable bonds is 2. The fraction of sp³-hybridized carbons (Fsp3) is 0.364. The normalized spacial score (nSPS) is 11.2. The van der Waals surface area contributed by atoms with Gasteiger partial charge in [-0.25, -0.2) is 5.43 Å². The molecule has 1 amide bonds. The standard InChI is InChI=1S/C11H15ClN2O/c1-11(2,3)14-13-10(15)8-4-6-9(12)7-5-8/h4-7,14H,1-3H3,(H,13,15). The van der Waals surface area contributed by atoms with Crippen LogP contribution in [0.15, 0.2) is 24.3 Å². The number of carbonyl (C=O) groups is 1. The molecule has 0 aliphatic heterocycles. The Morgan fingerprint density at radius 2 is 1.73 bits per heavy atom. The van der Waals surface area contributed by atoms with Crippen LogP contribution in [0.2, 0.25) is 5.02 Å². The molecule has 0 radical (unpaired) electrons. The van der Waals surface area contributed by atoms with Crippen molar-refractivity contribution in [2.24, 2.45) is 0 Å². The highest BCUT2D eigenvalue weighted by Gasteiger charge is 2.11. The van der Waals surface area contributed by atoms with E-state index in [2.05, 4.69) is 10.9 Å². The number of amides is 1. The van der Waals surface area contributed by atoms with E-state index in [1.54, 1.807) is 24.3 Å². The summed E-state index contributed by atoms with van der Waals surface area (Å²) >= 11 is 5.72. The van der Waals surface area contributed by atoms with Crippen molar-refractivity contribution in [2.45, 2.75) is 26.3 Å². The monoisotopic (exact) mass is 226 g/mol. The zero-order chi connectivity index (χ0) is 11.5. The first-order chi connectivity index (χ1) is 6.88. The predicted molar refractivity (Wildman–Crippen MR) is 61.8 cm³/mol. The summed E-state index contributed by atoms with van der Waals surface area (Å²) in [5.41, 5.74) is 5.96. The zero-order valence-corrected chi connectivity index (χ0v) is 9.85. The Kier molecular flexibility index (Phi) is 3.72. The summed E-state index contributed by atoms with van der Waals surface area (Å²) in [5.74, 6) is -0.165. The molecule has 0 aromatic heterocycles. The van der Waals surface area contributed by atoms with Crippen LogP contribution in [-0.2, 0) is 0 Å². The highest BCUT2D eigenvalue weighted by atomic mass is 35.5. The largest absolute Gasteiger partial charge is 0.287 e. The van der Waals surface area contributed by atoms with E-state index < -0.39 is 0 Å². The van der Waals surface area contributed by atoms with E-state index >= 15 is 0 Å². The molecule has 0 heterocycles. The lowest BCUT2D eigenvalue weighted by Gasteiger charge is -2.20. The number of carbonyl (C=O) groups excluding carboxylic acids is 1. The Morgan fingerprint density at radius 3 is 2.20 bits per heavy atom. The molecule has 82 valence electrons. The molecule has 4 heteroatoms. The number of hydrazine groups is 1. The van der Waals surface area contributed by atoms with E-state index in [0.29, 0.717) is 10.6 Å².